The Morgan fingerprint density at radius 3 is 1.50 bits per heavy atom. The molecule has 0 fully saturated rings. The van der Waals surface area contributed by atoms with Crippen LogP contribution in [0, 0.1) is 0 Å². The molecule has 0 aliphatic carbocycles. The van der Waals surface area contributed by atoms with Gasteiger partial charge in [0, 0.05) is 0 Å². The molecular weight excluding hydrogens is 340 g/mol. The molecule has 0 rings (SSSR count). The van der Waals surface area contributed by atoms with E-state index in [0.717, 1.165) is 0 Å². The van der Waals surface area contributed by atoms with E-state index in [-0.39, 0.29) is 27.7 Å². The summed E-state index contributed by atoms with van der Waals surface area (Å²) in [6.07, 6.45) is 0. The SMILES string of the molecule is O=[As]([O-])([O-])O.[Hg+2]. The van der Waals surface area contributed by atoms with Crippen LogP contribution in [-0.4, -0.2) is 18.6 Å². The van der Waals surface area contributed by atoms with Gasteiger partial charge in [-0.05, 0) is 0 Å². The average molecular weight is 341 g/mol. The first-order valence-electron chi connectivity index (χ1n) is 0.748. The van der Waals surface area contributed by atoms with Gasteiger partial charge >= 0.3 is 58.2 Å². The zero-order chi connectivity index (χ0) is 4.50. The van der Waals surface area contributed by atoms with E-state index in [9.17, 15) is 0 Å². The van der Waals surface area contributed by atoms with Crippen molar-refractivity contribution in [3.63, 3.8) is 0 Å². The van der Waals surface area contributed by atoms with Crippen molar-refractivity contribution in [3.05, 3.63) is 0 Å². The molecule has 1 N–H and O–H groups in total. The smallest absolute Gasteiger partial charge is 2.00 e. The molecule has 32 valence electrons. The Kier molecular flexibility index (Phi) is 5.47. The second-order valence-electron chi connectivity index (χ2n) is 0.469. The summed E-state index contributed by atoms with van der Waals surface area (Å²) in [6, 6.07) is 0. The fourth-order valence-corrected chi connectivity index (χ4v) is 0. The Balaban J connectivity index is 0. The first-order chi connectivity index (χ1) is 2.00. The molecule has 0 spiro atoms. The fourth-order valence-electron chi connectivity index (χ4n) is 0. The second-order valence-corrected chi connectivity index (χ2v) is 2.43. The maximum Gasteiger partial charge on any atom is 2.00 e. The van der Waals surface area contributed by atoms with Crippen LogP contribution in [0.1, 0.15) is 0 Å². The Morgan fingerprint density at radius 2 is 1.50 bits per heavy atom. The van der Waals surface area contributed by atoms with Gasteiger partial charge in [0.1, 0.15) is 0 Å². The van der Waals surface area contributed by atoms with Crippen LogP contribution < -0.4 is 8.19 Å². The van der Waals surface area contributed by atoms with Gasteiger partial charge in [0.05, 0.1) is 0 Å². The van der Waals surface area contributed by atoms with E-state index < -0.39 is 14.5 Å². The summed E-state index contributed by atoms with van der Waals surface area (Å²) >= 11 is -5.62. The minimum atomic E-state index is -5.62. The summed E-state index contributed by atoms with van der Waals surface area (Å²) in [6.45, 7) is 0. The van der Waals surface area contributed by atoms with Crippen molar-refractivity contribution < 1.29 is 43.7 Å². The van der Waals surface area contributed by atoms with Crippen LogP contribution in [0.25, 0.3) is 0 Å². The molecule has 0 aliphatic rings. The monoisotopic (exact) mass is 342 g/mol. The van der Waals surface area contributed by atoms with Crippen LogP contribution in [0.4, 0.5) is 0 Å². The molecule has 0 bridgehead atoms. The molecule has 0 atom stereocenters. The number of rotatable bonds is 0. The van der Waals surface area contributed by atoms with Crippen LogP contribution in [-0.2, 0) is 31.4 Å². The van der Waals surface area contributed by atoms with Gasteiger partial charge < -0.3 is 0 Å². The quantitative estimate of drug-likeness (QED) is 0.465. The van der Waals surface area contributed by atoms with Gasteiger partial charge in [-0.2, -0.15) is 0 Å². The van der Waals surface area contributed by atoms with Gasteiger partial charge in [-0.25, -0.2) is 0 Å². The third-order valence-electron chi connectivity index (χ3n) is 0. The van der Waals surface area contributed by atoms with Crippen molar-refractivity contribution in [2.75, 3.05) is 0 Å². The van der Waals surface area contributed by atoms with E-state index in [1.54, 1.807) is 0 Å². The normalized spacial score (nSPS) is 9.83. The summed E-state index contributed by atoms with van der Waals surface area (Å²) in [7, 11) is 0. The summed E-state index contributed by atoms with van der Waals surface area (Å²) < 4.78 is 33.2. The minimum absolute atomic E-state index is 0. The third kappa shape index (κ3) is 65.4. The molecule has 0 aromatic rings. The fraction of sp³-hybridized carbons (Fsp3) is 0. The van der Waals surface area contributed by atoms with Gasteiger partial charge in [-0.3, -0.25) is 0 Å². The largest absolute Gasteiger partial charge is 2.00 e. The Hall–Kier alpha value is 1.17. The van der Waals surface area contributed by atoms with Crippen LogP contribution in [0.3, 0.4) is 0 Å². The van der Waals surface area contributed by atoms with Crippen LogP contribution in [0.5, 0.6) is 0 Å². The predicted octanol–water partition coefficient (Wildman–Crippen LogP) is -3.44. The molecule has 0 aromatic carbocycles. The molecule has 0 aromatic heterocycles. The minimum Gasteiger partial charge on any atom is 2.00 e. The second kappa shape index (κ2) is 3.21. The van der Waals surface area contributed by atoms with Crippen molar-refractivity contribution in [1.82, 2.24) is 0 Å². The summed E-state index contributed by atoms with van der Waals surface area (Å²) in [4.78, 5) is 0. The standard InChI is InChI=1S/AsH3O4.Hg/c2-1(3,4)5;/h(H3,2,3,4,5);/q;+2/p-2. The van der Waals surface area contributed by atoms with E-state index in [1.807, 2.05) is 0 Å². The first-order valence-corrected chi connectivity index (χ1v) is 3.89. The molecule has 0 heterocycles. The van der Waals surface area contributed by atoms with E-state index in [2.05, 4.69) is 0 Å². The van der Waals surface area contributed by atoms with Gasteiger partial charge in [-0.15, -0.1) is 0 Å². The van der Waals surface area contributed by atoms with Crippen molar-refractivity contribution >= 4 is 14.5 Å². The molecule has 0 amide bonds. The number of hydrogen-bond donors (Lipinski definition) is 1. The Bertz CT molecular complexity index is 53.7. The van der Waals surface area contributed by atoms with E-state index in [4.69, 9.17) is 16.0 Å². The molecule has 0 saturated carbocycles. The van der Waals surface area contributed by atoms with Gasteiger partial charge in [0.15, 0.2) is 0 Å². The summed E-state index contributed by atoms with van der Waals surface area (Å²) in [5.41, 5.74) is 0. The summed E-state index contributed by atoms with van der Waals surface area (Å²) in [5.74, 6) is 0. The Morgan fingerprint density at radius 1 is 1.50 bits per heavy atom. The van der Waals surface area contributed by atoms with Gasteiger partial charge in [-0.1, -0.05) is 0 Å². The van der Waals surface area contributed by atoms with E-state index in [1.165, 1.54) is 0 Å². The van der Waals surface area contributed by atoms with Gasteiger partial charge in [0.2, 0.25) is 0 Å². The molecule has 6 heteroatoms. The topological polar surface area (TPSA) is 83.4 Å². The van der Waals surface area contributed by atoms with Crippen LogP contribution in [0.2, 0.25) is 0 Å². The molecule has 6 heavy (non-hydrogen) atoms. The van der Waals surface area contributed by atoms with Gasteiger partial charge in [0.25, 0.3) is 0 Å². The Labute approximate surface area is 58.0 Å². The van der Waals surface area contributed by atoms with E-state index in [0.29, 0.717) is 0 Å². The van der Waals surface area contributed by atoms with Crippen molar-refractivity contribution in [2.45, 2.75) is 0 Å². The zero-order valence-corrected chi connectivity index (χ0v) is 10.2. The molecule has 4 nitrogen and oxygen atoms in total. The van der Waals surface area contributed by atoms with E-state index >= 15 is 0 Å². The maximum atomic E-state index is 8.72. The predicted molar refractivity (Wildman–Crippen MR) is 8.66 cm³/mol. The van der Waals surface area contributed by atoms with Crippen LogP contribution in [0.15, 0.2) is 0 Å². The molecule has 0 unspecified atom stereocenters. The van der Waals surface area contributed by atoms with Crippen molar-refractivity contribution in [3.8, 4) is 0 Å². The maximum absolute atomic E-state index is 8.72. The first kappa shape index (κ1) is 10.2. The summed E-state index contributed by atoms with van der Waals surface area (Å²) in [5, 5.41) is 0. The molecule has 0 radical (unpaired) electrons. The number of hydrogen-bond acceptors (Lipinski definition) is 3. The average Bonchev–Trinajstić information content (AvgIpc) is 0.722. The molecular formula is HAsHgO4. The zero-order valence-electron chi connectivity index (χ0n) is 2.83. The molecule has 0 aliphatic heterocycles. The van der Waals surface area contributed by atoms with Crippen molar-refractivity contribution in [2.24, 2.45) is 0 Å². The third-order valence-corrected chi connectivity index (χ3v) is 0. The van der Waals surface area contributed by atoms with Crippen molar-refractivity contribution in [1.29, 1.82) is 0 Å². The van der Waals surface area contributed by atoms with Crippen LogP contribution >= 0.6 is 0 Å². The molecule has 0 saturated heterocycles.